The second-order valence-electron chi connectivity index (χ2n) is 7.86. The first-order valence-electron chi connectivity index (χ1n) is 12.2. The molecule has 0 fully saturated rings. The quantitative estimate of drug-likeness (QED) is 0.0656. The van der Waals surface area contributed by atoms with Crippen LogP contribution in [0.1, 0.15) is 117 Å². The van der Waals surface area contributed by atoms with Gasteiger partial charge in [0.25, 0.3) is 0 Å². The van der Waals surface area contributed by atoms with E-state index in [0.717, 1.165) is 63.5 Å². The maximum Gasteiger partial charge on any atom is 0.305 e. The van der Waals surface area contributed by atoms with Gasteiger partial charge in [-0.05, 0) is 44.9 Å². The van der Waals surface area contributed by atoms with Gasteiger partial charge in [0.1, 0.15) is 0 Å². The van der Waals surface area contributed by atoms with E-state index < -0.39 is 0 Å². The zero-order valence-electron chi connectivity index (χ0n) is 19.2. The van der Waals surface area contributed by atoms with E-state index in [1.165, 1.54) is 51.4 Å². The molecule has 0 saturated heterocycles. The van der Waals surface area contributed by atoms with Crippen LogP contribution in [0.15, 0.2) is 0 Å². The molecular formula is C24H47BrO4. The number of hydrogen-bond acceptors (Lipinski definition) is 4. The Morgan fingerprint density at radius 3 is 1.83 bits per heavy atom. The highest BCUT2D eigenvalue weighted by atomic mass is 79.9. The van der Waals surface area contributed by atoms with Crippen LogP contribution in [0.25, 0.3) is 0 Å². The van der Waals surface area contributed by atoms with Crippen molar-refractivity contribution in [2.24, 2.45) is 0 Å². The van der Waals surface area contributed by atoms with Crippen molar-refractivity contribution in [1.82, 2.24) is 0 Å². The lowest BCUT2D eigenvalue weighted by atomic mass is 10.2. The molecule has 0 amide bonds. The van der Waals surface area contributed by atoms with Crippen LogP contribution in [0, 0.1) is 0 Å². The van der Waals surface area contributed by atoms with Crippen molar-refractivity contribution in [2.45, 2.75) is 123 Å². The van der Waals surface area contributed by atoms with E-state index in [-0.39, 0.29) is 12.3 Å². The fourth-order valence-electron chi connectivity index (χ4n) is 3.09. The standard InChI is InChI=1S/C24H47BrO4/c1-3-5-7-14-21-28-24(29-22-15-8-6-4-2)18-12-11-17-23(26)27-20-16-10-9-13-19-25/h24H,3-22H2,1-2H3. The first-order valence-corrected chi connectivity index (χ1v) is 13.3. The van der Waals surface area contributed by atoms with E-state index in [4.69, 9.17) is 14.2 Å². The average molecular weight is 480 g/mol. The summed E-state index contributed by atoms with van der Waals surface area (Å²) < 4.78 is 17.3. The lowest BCUT2D eigenvalue weighted by Gasteiger charge is -2.19. The highest BCUT2D eigenvalue weighted by Gasteiger charge is 2.10. The molecule has 0 heterocycles. The molecule has 0 saturated carbocycles. The van der Waals surface area contributed by atoms with Gasteiger partial charge in [-0.15, -0.1) is 0 Å². The number of rotatable bonds is 23. The summed E-state index contributed by atoms with van der Waals surface area (Å²) in [5.74, 6) is -0.0667. The van der Waals surface area contributed by atoms with E-state index in [2.05, 4.69) is 29.8 Å². The molecule has 29 heavy (non-hydrogen) atoms. The summed E-state index contributed by atoms with van der Waals surface area (Å²) in [6.07, 6.45) is 17.2. The number of hydrogen-bond donors (Lipinski definition) is 0. The SMILES string of the molecule is CCCCCCOC(CCCCC(=O)OCCCCCCBr)OCCCCCC. The smallest absolute Gasteiger partial charge is 0.305 e. The van der Waals surface area contributed by atoms with Gasteiger partial charge in [0.15, 0.2) is 6.29 Å². The average Bonchev–Trinajstić information content (AvgIpc) is 2.72. The molecule has 0 aliphatic heterocycles. The van der Waals surface area contributed by atoms with Gasteiger partial charge in [-0.25, -0.2) is 0 Å². The molecule has 0 aliphatic carbocycles. The maximum atomic E-state index is 11.8. The largest absolute Gasteiger partial charge is 0.466 e. The van der Waals surface area contributed by atoms with Crippen molar-refractivity contribution in [2.75, 3.05) is 25.2 Å². The minimum atomic E-state index is -0.122. The lowest BCUT2D eigenvalue weighted by Crippen LogP contribution is -2.19. The number of carbonyl (C=O) groups is 1. The molecule has 174 valence electrons. The first kappa shape index (κ1) is 28.9. The third-order valence-electron chi connectivity index (χ3n) is 4.97. The van der Waals surface area contributed by atoms with Crippen LogP contribution in [0.3, 0.4) is 0 Å². The molecule has 0 N–H and O–H groups in total. The summed E-state index contributed by atoms with van der Waals surface area (Å²) in [6.45, 7) is 6.55. The minimum Gasteiger partial charge on any atom is -0.466 e. The fourth-order valence-corrected chi connectivity index (χ4v) is 3.49. The summed E-state index contributed by atoms with van der Waals surface area (Å²) in [7, 11) is 0. The van der Waals surface area contributed by atoms with Crippen molar-refractivity contribution in [3.8, 4) is 0 Å². The van der Waals surface area contributed by atoms with Crippen LogP contribution in [-0.4, -0.2) is 37.4 Å². The van der Waals surface area contributed by atoms with Crippen LogP contribution in [-0.2, 0) is 19.0 Å². The molecule has 0 bridgehead atoms. The topological polar surface area (TPSA) is 44.8 Å². The second-order valence-corrected chi connectivity index (χ2v) is 8.65. The molecule has 4 nitrogen and oxygen atoms in total. The molecule has 0 atom stereocenters. The molecule has 0 unspecified atom stereocenters. The molecule has 0 aromatic heterocycles. The molecule has 0 radical (unpaired) electrons. The predicted molar refractivity (Wildman–Crippen MR) is 126 cm³/mol. The normalized spacial score (nSPS) is 11.3. The van der Waals surface area contributed by atoms with Gasteiger partial charge in [-0.2, -0.15) is 0 Å². The summed E-state index contributed by atoms with van der Waals surface area (Å²) >= 11 is 3.43. The molecule has 0 spiro atoms. The Morgan fingerprint density at radius 1 is 0.690 bits per heavy atom. The Hall–Kier alpha value is -0.130. The van der Waals surface area contributed by atoms with Crippen LogP contribution in [0.2, 0.25) is 0 Å². The van der Waals surface area contributed by atoms with Gasteiger partial charge in [0, 0.05) is 25.0 Å². The summed E-state index contributed by atoms with van der Waals surface area (Å²) in [6, 6.07) is 0. The Kier molecular flexibility index (Phi) is 24.0. The van der Waals surface area contributed by atoms with Gasteiger partial charge in [0.2, 0.25) is 0 Å². The first-order chi connectivity index (χ1) is 14.2. The number of alkyl halides is 1. The number of carbonyl (C=O) groups excluding carboxylic acids is 1. The number of esters is 1. The van der Waals surface area contributed by atoms with Gasteiger partial charge in [-0.3, -0.25) is 4.79 Å². The maximum absolute atomic E-state index is 11.8. The molecule has 0 aromatic carbocycles. The minimum absolute atomic E-state index is 0.0667. The second kappa shape index (κ2) is 24.1. The molecular weight excluding hydrogens is 432 g/mol. The van der Waals surface area contributed by atoms with Crippen molar-refractivity contribution >= 4 is 21.9 Å². The summed E-state index contributed by atoms with van der Waals surface area (Å²) in [5.41, 5.74) is 0. The van der Waals surface area contributed by atoms with Gasteiger partial charge in [0.05, 0.1) is 6.61 Å². The van der Waals surface area contributed by atoms with E-state index in [0.29, 0.717) is 13.0 Å². The van der Waals surface area contributed by atoms with Crippen LogP contribution in [0.5, 0.6) is 0 Å². The van der Waals surface area contributed by atoms with Crippen molar-refractivity contribution < 1.29 is 19.0 Å². The Morgan fingerprint density at radius 2 is 1.24 bits per heavy atom. The van der Waals surface area contributed by atoms with Crippen LogP contribution in [0.4, 0.5) is 0 Å². The lowest BCUT2D eigenvalue weighted by molar-refractivity contribution is -0.149. The molecule has 0 rings (SSSR count). The zero-order chi connectivity index (χ0) is 21.4. The predicted octanol–water partition coefficient (Wildman–Crippen LogP) is 7.57. The van der Waals surface area contributed by atoms with E-state index in [1.54, 1.807) is 0 Å². The van der Waals surface area contributed by atoms with Crippen LogP contribution < -0.4 is 0 Å². The Bertz CT molecular complexity index is 325. The van der Waals surface area contributed by atoms with Crippen molar-refractivity contribution in [1.29, 1.82) is 0 Å². The zero-order valence-corrected chi connectivity index (χ0v) is 20.8. The van der Waals surface area contributed by atoms with Crippen LogP contribution >= 0.6 is 15.9 Å². The monoisotopic (exact) mass is 478 g/mol. The Balaban J connectivity index is 3.83. The number of ether oxygens (including phenoxy) is 3. The highest BCUT2D eigenvalue weighted by molar-refractivity contribution is 9.09. The van der Waals surface area contributed by atoms with E-state index in [9.17, 15) is 4.79 Å². The van der Waals surface area contributed by atoms with Gasteiger partial charge < -0.3 is 14.2 Å². The third kappa shape index (κ3) is 22.4. The highest BCUT2D eigenvalue weighted by Crippen LogP contribution is 2.12. The van der Waals surface area contributed by atoms with E-state index in [1.807, 2.05) is 0 Å². The van der Waals surface area contributed by atoms with Gasteiger partial charge >= 0.3 is 5.97 Å². The summed E-state index contributed by atoms with van der Waals surface area (Å²) in [4.78, 5) is 11.8. The number of unbranched alkanes of at least 4 members (excludes halogenated alkanes) is 10. The Labute approximate surface area is 189 Å². The van der Waals surface area contributed by atoms with Crippen molar-refractivity contribution in [3.05, 3.63) is 0 Å². The summed E-state index contributed by atoms with van der Waals surface area (Å²) in [5, 5.41) is 1.05. The molecule has 5 heteroatoms. The van der Waals surface area contributed by atoms with Crippen molar-refractivity contribution in [3.63, 3.8) is 0 Å². The number of halogens is 1. The molecule has 0 aliphatic rings. The van der Waals surface area contributed by atoms with Gasteiger partial charge in [-0.1, -0.05) is 81.1 Å². The molecule has 0 aromatic rings. The fraction of sp³-hybridized carbons (Fsp3) is 0.958. The van der Waals surface area contributed by atoms with E-state index >= 15 is 0 Å². The third-order valence-corrected chi connectivity index (χ3v) is 5.53.